The summed E-state index contributed by atoms with van der Waals surface area (Å²) in [5, 5.41) is 1.50. The number of carbonyl (C=O) groups excluding carboxylic acids is 1. The number of piperazine rings is 1. The number of anilines is 1. The van der Waals surface area contributed by atoms with Gasteiger partial charge in [-0.1, -0.05) is 43.0 Å². The van der Waals surface area contributed by atoms with E-state index in [1.807, 2.05) is 4.90 Å². The molecule has 230 valence electrons. The van der Waals surface area contributed by atoms with Crippen molar-refractivity contribution in [2.45, 2.75) is 37.3 Å². The summed E-state index contributed by atoms with van der Waals surface area (Å²) in [6.45, 7) is 14.8. The summed E-state index contributed by atoms with van der Waals surface area (Å²) < 4.78 is 38.1. The molecule has 7 rings (SSSR count). The molecular weight excluding hydrogens is 574 g/mol. The van der Waals surface area contributed by atoms with Crippen LogP contribution >= 0.6 is 0 Å². The van der Waals surface area contributed by atoms with Gasteiger partial charge in [0, 0.05) is 36.0 Å². The van der Waals surface area contributed by atoms with Crippen molar-refractivity contribution in [3.63, 3.8) is 0 Å². The number of benzene rings is 3. The Kier molecular flexibility index (Phi) is 7.58. The fraction of sp³-hybridized carbons (Fsp3) is 0.371. The number of nitrogens with zero attached hydrogens (tertiary/aromatic N) is 6. The van der Waals surface area contributed by atoms with Gasteiger partial charge < -0.3 is 19.4 Å². The Balaban J connectivity index is 1.33. The average molecular weight is 609 g/mol. The Morgan fingerprint density at radius 2 is 1.82 bits per heavy atom. The third kappa shape index (κ3) is 5.05. The van der Waals surface area contributed by atoms with E-state index in [9.17, 15) is 4.79 Å². The fourth-order valence-corrected chi connectivity index (χ4v) is 7.54. The lowest BCUT2D eigenvalue weighted by molar-refractivity contribution is -0.128. The Labute approximate surface area is 260 Å². The van der Waals surface area contributed by atoms with Gasteiger partial charge in [0.15, 0.2) is 5.82 Å². The second kappa shape index (κ2) is 11.7. The number of hydrogen-bond donors (Lipinski definition) is 0. The molecular formula is C35H34F2N6O2. The van der Waals surface area contributed by atoms with Crippen LogP contribution in [0.25, 0.3) is 37.6 Å². The van der Waals surface area contributed by atoms with Crippen LogP contribution in [-0.2, 0) is 4.79 Å². The molecule has 0 radical (unpaired) electrons. The highest BCUT2D eigenvalue weighted by molar-refractivity contribution is 6.01. The topological polar surface area (TPSA) is 66.2 Å². The van der Waals surface area contributed by atoms with Gasteiger partial charge in [0.25, 0.3) is 0 Å². The van der Waals surface area contributed by atoms with Crippen LogP contribution in [0.2, 0.25) is 0 Å². The van der Waals surface area contributed by atoms with Gasteiger partial charge in [0.1, 0.15) is 29.8 Å². The quantitative estimate of drug-likeness (QED) is 0.194. The van der Waals surface area contributed by atoms with E-state index in [2.05, 4.69) is 21.3 Å². The van der Waals surface area contributed by atoms with Crippen molar-refractivity contribution in [2.75, 3.05) is 50.8 Å². The van der Waals surface area contributed by atoms with E-state index < -0.39 is 11.6 Å². The smallest absolute Gasteiger partial charge is 0.319 e. The van der Waals surface area contributed by atoms with Gasteiger partial charge in [0.05, 0.1) is 5.54 Å². The molecule has 0 spiro atoms. The molecule has 1 amide bonds. The molecule has 3 aromatic carbocycles. The largest absolute Gasteiger partial charge is 0.461 e. The maximum atomic E-state index is 16.7. The lowest BCUT2D eigenvalue weighted by Crippen LogP contribution is -2.56. The van der Waals surface area contributed by atoms with Crippen LogP contribution in [0.5, 0.6) is 6.01 Å². The zero-order valence-electron chi connectivity index (χ0n) is 25.0. The predicted octanol–water partition coefficient (Wildman–Crippen LogP) is 5.86. The van der Waals surface area contributed by atoms with Crippen molar-refractivity contribution in [3.05, 3.63) is 84.2 Å². The van der Waals surface area contributed by atoms with Crippen LogP contribution in [0.3, 0.4) is 0 Å². The van der Waals surface area contributed by atoms with Crippen molar-refractivity contribution >= 4 is 33.4 Å². The van der Waals surface area contributed by atoms with Crippen LogP contribution in [0.15, 0.2) is 61.2 Å². The van der Waals surface area contributed by atoms with Crippen molar-refractivity contribution in [3.8, 4) is 17.1 Å². The molecule has 0 saturated carbocycles. The van der Waals surface area contributed by atoms with Crippen molar-refractivity contribution in [1.82, 2.24) is 19.8 Å². The van der Waals surface area contributed by atoms with Gasteiger partial charge >= 0.3 is 6.01 Å². The number of carbonyl (C=O) groups is 1. The first-order valence-corrected chi connectivity index (χ1v) is 15.5. The maximum Gasteiger partial charge on any atom is 0.319 e. The standard InChI is InChI=1S/C35H34F2N6O2/c1-3-29(44)43-19-18-41(21-24(43)20-38-2)33-27-13-12-26(25-10-4-8-23-9-5-11-28(36)30(23)25)31(37)32(27)39-34(40-33)45-22-35-14-6-16-42(35)17-7-15-35/h3-5,8-13,24H,1,6-7,14-22H2/t24-/m0/s1. The number of halogens is 2. The molecule has 0 aliphatic carbocycles. The number of aromatic nitrogens is 2. The molecule has 1 aromatic heterocycles. The number of ether oxygens (including phenoxy) is 1. The molecule has 4 aromatic rings. The second-order valence-electron chi connectivity index (χ2n) is 12.2. The van der Waals surface area contributed by atoms with Gasteiger partial charge in [0.2, 0.25) is 12.5 Å². The molecule has 4 heterocycles. The van der Waals surface area contributed by atoms with Crippen molar-refractivity contribution < 1.29 is 18.3 Å². The molecule has 1 atom stereocenters. The van der Waals surface area contributed by atoms with Crippen LogP contribution in [0.1, 0.15) is 25.7 Å². The highest BCUT2D eigenvalue weighted by Crippen LogP contribution is 2.40. The monoisotopic (exact) mass is 608 g/mol. The number of rotatable bonds is 7. The van der Waals surface area contributed by atoms with Crippen molar-refractivity contribution in [2.24, 2.45) is 0 Å². The molecule has 8 nitrogen and oxygen atoms in total. The van der Waals surface area contributed by atoms with E-state index >= 15 is 8.78 Å². The molecule has 3 aliphatic rings. The van der Waals surface area contributed by atoms with E-state index in [4.69, 9.17) is 16.3 Å². The molecule has 0 unspecified atom stereocenters. The lowest BCUT2D eigenvalue weighted by atomic mass is 9.95. The molecule has 0 bridgehead atoms. The summed E-state index contributed by atoms with van der Waals surface area (Å²) in [5.41, 5.74) is 0.695. The zero-order chi connectivity index (χ0) is 31.1. The molecule has 3 aliphatic heterocycles. The van der Waals surface area contributed by atoms with Gasteiger partial charge in [-0.15, -0.1) is 0 Å². The number of fused-ring (bicyclic) bond motifs is 3. The predicted molar refractivity (Wildman–Crippen MR) is 170 cm³/mol. The molecule has 3 saturated heterocycles. The molecule has 3 fully saturated rings. The SMILES string of the molecule is [C-]#[N+]C[C@H]1CN(c2nc(OCC34CCCN3CCC4)nc3c(F)c(-c4cccc5cccc(F)c45)ccc23)CCN1C(=O)C=C. The van der Waals surface area contributed by atoms with E-state index in [0.717, 1.165) is 38.8 Å². The summed E-state index contributed by atoms with van der Waals surface area (Å²) in [5.74, 6) is -0.756. The number of amides is 1. The molecule has 10 heteroatoms. The minimum atomic E-state index is -0.587. The highest BCUT2D eigenvalue weighted by Gasteiger charge is 2.45. The van der Waals surface area contributed by atoms with Crippen LogP contribution in [0, 0.1) is 18.2 Å². The van der Waals surface area contributed by atoms with Gasteiger partial charge in [-0.25, -0.2) is 15.4 Å². The Hall–Kier alpha value is -4.62. The third-order valence-corrected chi connectivity index (χ3v) is 9.73. The minimum Gasteiger partial charge on any atom is -0.461 e. The fourth-order valence-electron chi connectivity index (χ4n) is 7.54. The van der Waals surface area contributed by atoms with E-state index in [1.165, 1.54) is 12.1 Å². The van der Waals surface area contributed by atoms with Crippen LogP contribution in [-0.4, -0.2) is 83.1 Å². The Bertz CT molecular complexity index is 1840. The van der Waals surface area contributed by atoms with Gasteiger partial charge in [-0.3, -0.25) is 9.69 Å². The van der Waals surface area contributed by atoms with Crippen LogP contribution < -0.4 is 9.64 Å². The summed E-state index contributed by atoms with van der Waals surface area (Å²) in [4.78, 5) is 31.7. The summed E-state index contributed by atoms with van der Waals surface area (Å²) in [6, 6.07) is 13.2. The molecule has 0 N–H and O–H groups in total. The Morgan fingerprint density at radius 1 is 1.04 bits per heavy atom. The Morgan fingerprint density at radius 3 is 2.58 bits per heavy atom. The normalized spacial score (nSPS) is 19.5. The van der Waals surface area contributed by atoms with E-state index in [-0.39, 0.29) is 41.1 Å². The second-order valence-corrected chi connectivity index (χ2v) is 12.2. The van der Waals surface area contributed by atoms with Gasteiger partial charge in [-0.2, -0.15) is 9.97 Å². The highest BCUT2D eigenvalue weighted by atomic mass is 19.1. The van der Waals surface area contributed by atoms with E-state index in [0.29, 0.717) is 53.8 Å². The summed E-state index contributed by atoms with van der Waals surface area (Å²) in [7, 11) is 0. The minimum absolute atomic E-state index is 0.0588. The first-order valence-electron chi connectivity index (χ1n) is 15.5. The van der Waals surface area contributed by atoms with Crippen LogP contribution in [0.4, 0.5) is 14.6 Å². The zero-order valence-corrected chi connectivity index (χ0v) is 25.0. The van der Waals surface area contributed by atoms with E-state index in [1.54, 1.807) is 47.4 Å². The summed E-state index contributed by atoms with van der Waals surface area (Å²) >= 11 is 0. The summed E-state index contributed by atoms with van der Waals surface area (Å²) in [6.07, 6.45) is 5.57. The van der Waals surface area contributed by atoms with Crippen molar-refractivity contribution in [1.29, 1.82) is 0 Å². The third-order valence-electron chi connectivity index (χ3n) is 9.73. The average Bonchev–Trinajstić information content (AvgIpc) is 3.64. The van der Waals surface area contributed by atoms with Gasteiger partial charge in [-0.05, 0) is 67.9 Å². The lowest BCUT2D eigenvalue weighted by Gasteiger charge is -2.39. The first-order chi connectivity index (χ1) is 21.9. The first kappa shape index (κ1) is 29.1. The maximum absolute atomic E-state index is 16.7. The molecule has 45 heavy (non-hydrogen) atoms. The number of hydrogen-bond acceptors (Lipinski definition) is 6.